The van der Waals surface area contributed by atoms with Crippen LogP contribution in [0.2, 0.25) is 0 Å². The Labute approximate surface area is 118 Å². The lowest BCUT2D eigenvalue weighted by molar-refractivity contribution is 0.153. The van der Waals surface area contributed by atoms with Crippen LogP contribution < -0.4 is 11.1 Å². The molecule has 1 fully saturated rings. The molecule has 2 aromatic rings. The number of oxazole rings is 1. The summed E-state index contributed by atoms with van der Waals surface area (Å²) in [6.07, 6.45) is 4.10. The van der Waals surface area contributed by atoms with Crippen LogP contribution >= 0.6 is 0 Å². The van der Waals surface area contributed by atoms with Crippen molar-refractivity contribution in [3.05, 3.63) is 18.2 Å². The molecule has 0 amide bonds. The third kappa shape index (κ3) is 2.45. The highest BCUT2D eigenvalue weighted by atomic mass is 16.4. The van der Waals surface area contributed by atoms with E-state index in [-0.39, 0.29) is 12.1 Å². The van der Waals surface area contributed by atoms with Gasteiger partial charge in [0.2, 0.25) is 0 Å². The molecule has 1 heterocycles. The van der Waals surface area contributed by atoms with Crippen LogP contribution in [0.15, 0.2) is 22.6 Å². The molecule has 108 valence electrons. The van der Waals surface area contributed by atoms with Crippen LogP contribution in [0.1, 0.15) is 32.6 Å². The molecule has 0 bridgehead atoms. The third-order valence-corrected chi connectivity index (χ3v) is 4.32. The Balaban J connectivity index is 1.84. The van der Waals surface area contributed by atoms with Gasteiger partial charge in [-0.15, -0.1) is 0 Å². The second kappa shape index (κ2) is 4.98. The van der Waals surface area contributed by atoms with Crippen molar-refractivity contribution in [1.29, 1.82) is 0 Å². The van der Waals surface area contributed by atoms with E-state index in [1.54, 1.807) is 12.1 Å². The molecule has 1 aliphatic rings. The van der Waals surface area contributed by atoms with Gasteiger partial charge >= 0.3 is 0 Å². The maximum atomic E-state index is 9.76. The monoisotopic (exact) mass is 275 g/mol. The predicted molar refractivity (Wildman–Crippen MR) is 79.5 cm³/mol. The number of rotatable bonds is 3. The molecule has 1 aromatic carbocycles. The molecule has 0 unspecified atom stereocenters. The summed E-state index contributed by atoms with van der Waals surface area (Å²) >= 11 is 0. The van der Waals surface area contributed by atoms with Crippen molar-refractivity contribution >= 4 is 22.8 Å². The van der Waals surface area contributed by atoms with E-state index in [1.165, 1.54) is 0 Å². The zero-order chi connectivity index (χ0) is 14.2. The minimum atomic E-state index is -0.307. The lowest BCUT2D eigenvalue weighted by Crippen LogP contribution is -2.45. The van der Waals surface area contributed by atoms with Crippen LogP contribution in [0.25, 0.3) is 11.1 Å². The Bertz CT molecular complexity index is 600. The van der Waals surface area contributed by atoms with Gasteiger partial charge in [0.1, 0.15) is 5.52 Å². The van der Waals surface area contributed by atoms with E-state index in [2.05, 4.69) is 17.2 Å². The molecule has 0 saturated heterocycles. The smallest absolute Gasteiger partial charge is 0.296 e. The van der Waals surface area contributed by atoms with Gasteiger partial charge in [0.15, 0.2) is 5.58 Å². The number of nitrogens with two attached hydrogens (primary N) is 1. The fourth-order valence-corrected chi connectivity index (χ4v) is 2.86. The van der Waals surface area contributed by atoms with Gasteiger partial charge in [0.25, 0.3) is 6.01 Å². The fourth-order valence-electron chi connectivity index (χ4n) is 2.86. The molecule has 3 rings (SSSR count). The summed E-state index contributed by atoms with van der Waals surface area (Å²) in [6, 6.07) is 5.88. The van der Waals surface area contributed by atoms with Crippen LogP contribution in [0.5, 0.6) is 0 Å². The van der Waals surface area contributed by atoms with Crippen LogP contribution in [0.3, 0.4) is 0 Å². The van der Waals surface area contributed by atoms with Crippen molar-refractivity contribution in [1.82, 2.24) is 4.98 Å². The molecule has 1 aromatic heterocycles. The number of nitrogen functional groups attached to an aromatic ring is 1. The number of fused-ring (bicyclic) bond motifs is 1. The minimum Gasteiger partial charge on any atom is -0.423 e. The molecule has 1 saturated carbocycles. The van der Waals surface area contributed by atoms with Crippen molar-refractivity contribution in [3.8, 4) is 0 Å². The summed E-state index contributed by atoms with van der Waals surface area (Å²) in [5.41, 5.74) is 7.53. The molecule has 4 N–H and O–H groups in total. The average molecular weight is 275 g/mol. The molecular weight excluding hydrogens is 254 g/mol. The van der Waals surface area contributed by atoms with Gasteiger partial charge in [-0.1, -0.05) is 6.92 Å². The van der Waals surface area contributed by atoms with E-state index in [1.807, 2.05) is 6.07 Å². The van der Waals surface area contributed by atoms with E-state index in [4.69, 9.17) is 10.2 Å². The first kappa shape index (κ1) is 13.2. The van der Waals surface area contributed by atoms with Gasteiger partial charge in [0, 0.05) is 11.8 Å². The summed E-state index contributed by atoms with van der Waals surface area (Å²) < 4.78 is 5.69. The zero-order valence-electron chi connectivity index (χ0n) is 11.7. The molecule has 1 aliphatic carbocycles. The van der Waals surface area contributed by atoms with Crippen molar-refractivity contribution in [3.63, 3.8) is 0 Å². The standard InChI is InChI=1S/C15H21N3O2/c1-10-4-6-15(9-19,7-5-10)18-14-17-12-3-2-11(16)8-13(12)20-14/h2-3,8,10,19H,4-7,9,16H2,1H3,(H,17,18). The first-order valence-corrected chi connectivity index (χ1v) is 7.15. The normalized spacial score (nSPS) is 26.8. The van der Waals surface area contributed by atoms with Crippen LogP contribution in [-0.2, 0) is 0 Å². The third-order valence-electron chi connectivity index (χ3n) is 4.32. The first-order chi connectivity index (χ1) is 9.60. The maximum Gasteiger partial charge on any atom is 0.296 e. The highest BCUT2D eigenvalue weighted by Gasteiger charge is 2.34. The average Bonchev–Trinajstić information content (AvgIpc) is 2.83. The quantitative estimate of drug-likeness (QED) is 0.750. The van der Waals surface area contributed by atoms with Gasteiger partial charge in [-0.25, -0.2) is 0 Å². The Morgan fingerprint density at radius 2 is 2.20 bits per heavy atom. The van der Waals surface area contributed by atoms with E-state index >= 15 is 0 Å². The number of nitrogens with zero attached hydrogens (tertiary/aromatic N) is 1. The van der Waals surface area contributed by atoms with Gasteiger partial charge in [-0.05, 0) is 43.7 Å². The zero-order valence-corrected chi connectivity index (χ0v) is 11.7. The largest absolute Gasteiger partial charge is 0.423 e. The summed E-state index contributed by atoms with van der Waals surface area (Å²) in [4.78, 5) is 4.42. The van der Waals surface area contributed by atoms with Crippen molar-refractivity contribution in [2.75, 3.05) is 17.7 Å². The predicted octanol–water partition coefficient (Wildman–Crippen LogP) is 2.76. The molecule has 0 atom stereocenters. The van der Waals surface area contributed by atoms with Crippen molar-refractivity contribution in [2.45, 2.75) is 38.1 Å². The van der Waals surface area contributed by atoms with E-state index < -0.39 is 0 Å². The maximum absolute atomic E-state index is 9.76. The molecule has 20 heavy (non-hydrogen) atoms. The van der Waals surface area contributed by atoms with Crippen LogP contribution in [-0.4, -0.2) is 22.2 Å². The van der Waals surface area contributed by atoms with E-state index in [0.29, 0.717) is 17.3 Å². The number of hydrogen-bond acceptors (Lipinski definition) is 5. The molecule has 0 radical (unpaired) electrons. The molecular formula is C15H21N3O2. The highest BCUT2D eigenvalue weighted by molar-refractivity contribution is 5.78. The van der Waals surface area contributed by atoms with Gasteiger partial charge in [-0.2, -0.15) is 4.98 Å². The Kier molecular flexibility index (Phi) is 3.30. The number of nitrogens with one attached hydrogen (secondary N) is 1. The molecule has 0 aliphatic heterocycles. The van der Waals surface area contributed by atoms with Gasteiger partial charge in [0.05, 0.1) is 12.1 Å². The summed E-state index contributed by atoms with van der Waals surface area (Å²) in [5.74, 6) is 0.722. The summed E-state index contributed by atoms with van der Waals surface area (Å²) in [7, 11) is 0. The molecule has 5 nitrogen and oxygen atoms in total. The second-order valence-corrected chi connectivity index (χ2v) is 5.99. The van der Waals surface area contributed by atoms with Crippen molar-refractivity contribution < 1.29 is 9.52 Å². The Morgan fingerprint density at radius 1 is 1.45 bits per heavy atom. The number of benzene rings is 1. The lowest BCUT2D eigenvalue weighted by Gasteiger charge is -2.38. The fraction of sp³-hybridized carbons (Fsp3) is 0.533. The minimum absolute atomic E-state index is 0.0978. The van der Waals surface area contributed by atoms with Crippen LogP contribution in [0.4, 0.5) is 11.7 Å². The summed E-state index contributed by atoms with van der Waals surface area (Å²) in [6.45, 7) is 2.35. The van der Waals surface area contributed by atoms with Gasteiger partial charge < -0.3 is 20.6 Å². The number of aliphatic hydroxyl groups excluding tert-OH is 1. The Morgan fingerprint density at radius 3 is 2.90 bits per heavy atom. The topological polar surface area (TPSA) is 84.3 Å². The van der Waals surface area contributed by atoms with Crippen LogP contribution in [0, 0.1) is 5.92 Å². The SMILES string of the molecule is CC1CCC(CO)(Nc2nc3ccc(N)cc3o2)CC1. The first-order valence-electron chi connectivity index (χ1n) is 7.15. The van der Waals surface area contributed by atoms with E-state index in [9.17, 15) is 5.11 Å². The number of hydrogen-bond donors (Lipinski definition) is 3. The molecule has 5 heteroatoms. The molecule has 0 spiro atoms. The number of aliphatic hydroxyl groups is 1. The highest BCUT2D eigenvalue weighted by Crippen LogP contribution is 2.35. The number of anilines is 2. The van der Waals surface area contributed by atoms with E-state index in [0.717, 1.165) is 37.1 Å². The second-order valence-electron chi connectivity index (χ2n) is 5.99. The lowest BCUT2D eigenvalue weighted by atomic mass is 9.77. The number of aromatic nitrogens is 1. The van der Waals surface area contributed by atoms with Crippen molar-refractivity contribution in [2.24, 2.45) is 5.92 Å². The summed E-state index contributed by atoms with van der Waals surface area (Å²) in [5, 5.41) is 13.1. The Hall–Kier alpha value is -1.75. The van der Waals surface area contributed by atoms with Gasteiger partial charge in [-0.3, -0.25) is 0 Å².